The Bertz CT molecular complexity index is 1300. The van der Waals surface area contributed by atoms with E-state index < -0.39 is 5.56 Å². The van der Waals surface area contributed by atoms with Gasteiger partial charge in [0, 0.05) is 21.5 Å². The number of fused-ring (bicyclic) bond motifs is 1. The molecule has 4 aromatic rings. The normalized spacial score (nSPS) is 11.2. The SMILES string of the molecule is Cc1ccc2[nH]c(=O)c(C(=O)C=Cc3ccccc3Cl)c(-c3ccccc3)c2c1. The van der Waals surface area contributed by atoms with Crippen LogP contribution in [0, 0.1) is 6.92 Å². The van der Waals surface area contributed by atoms with E-state index in [2.05, 4.69) is 4.98 Å². The lowest BCUT2D eigenvalue weighted by atomic mass is 9.93. The molecule has 0 spiro atoms. The molecule has 4 heteroatoms. The number of nitrogens with one attached hydrogen (secondary N) is 1. The Labute approximate surface area is 173 Å². The molecule has 0 fully saturated rings. The van der Waals surface area contributed by atoms with Crippen molar-refractivity contribution in [2.45, 2.75) is 6.92 Å². The summed E-state index contributed by atoms with van der Waals surface area (Å²) in [5.41, 5.74) is 3.65. The predicted octanol–water partition coefficient (Wildman–Crippen LogP) is 6.05. The van der Waals surface area contributed by atoms with Crippen LogP contribution >= 0.6 is 11.6 Å². The molecule has 0 amide bonds. The number of hydrogen-bond acceptors (Lipinski definition) is 2. The Hall–Kier alpha value is -3.43. The first kappa shape index (κ1) is 18.9. The number of rotatable bonds is 4. The van der Waals surface area contributed by atoms with Crippen LogP contribution in [0.15, 0.2) is 83.7 Å². The second kappa shape index (κ2) is 7.90. The Morgan fingerprint density at radius 2 is 1.69 bits per heavy atom. The van der Waals surface area contributed by atoms with Crippen molar-refractivity contribution >= 4 is 34.4 Å². The fourth-order valence-corrected chi connectivity index (χ4v) is 3.60. The monoisotopic (exact) mass is 399 g/mol. The van der Waals surface area contributed by atoms with Crippen molar-refractivity contribution in [3.05, 3.63) is 111 Å². The van der Waals surface area contributed by atoms with E-state index >= 15 is 0 Å². The number of pyridine rings is 1. The van der Waals surface area contributed by atoms with Crippen molar-refractivity contribution in [1.82, 2.24) is 4.98 Å². The Kier molecular flexibility index (Phi) is 5.15. The standard InChI is InChI=1S/C25H18ClNO2/c1-16-11-13-21-19(15-16)23(18-8-3-2-4-9-18)24(25(29)27-21)22(28)14-12-17-7-5-6-10-20(17)26/h2-15H,1H3,(H,27,29). The molecule has 142 valence electrons. The molecule has 0 radical (unpaired) electrons. The fourth-order valence-electron chi connectivity index (χ4n) is 3.41. The van der Waals surface area contributed by atoms with Crippen LogP contribution in [0.5, 0.6) is 0 Å². The molecule has 0 atom stereocenters. The summed E-state index contributed by atoms with van der Waals surface area (Å²) in [6.07, 6.45) is 3.04. The minimum Gasteiger partial charge on any atom is -0.321 e. The quantitative estimate of drug-likeness (QED) is 0.335. The molecule has 0 aliphatic heterocycles. The first-order valence-electron chi connectivity index (χ1n) is 9.23. The van der Waals surface area contributed by atoms with E-state index in [1.54, 1.807) is 12.1 Å². The zero-order chi connectivity index (χ0) is 20.4. The van der Waals surface area contributed by atoms with Crippen LogP contribution in [0.2, 0.25) is 5.02 Å². The highest BCUT2D eigenvalue weighted by Gasteiger charge is 2.19. The molecule has 29 heavy (non-hydrogen) atoms. The number of ketones is 1. The summed E-state index contributed by atoms with van der Waals surface area (Å²) in [5, 5.41) is 1.38. The Balaban J connectivity index is 1.94. The van der Waals surface area contributed by atoms with Crippen molar-refractivity contribution in [2.24, 2.45) is 0 Å². The molecule has 1 heterocycles. The molecule has 1 aromatic heterocycles. The van der Waals surface area contributed by atoms with E-state index in [-0.39, 0.29) is 11.3 Å². The largest absolute Gasteiger partial charge is 0.321 e. The van der Waals surface area contributed by atoms with Crippen molar-refractivity contribution in [3.8, 4) is 11.1 Å². The number of carbonyl (C=O) groups excluding carboxylic acids is 1. The molecular weight excluding hydrogens is 382 g/mol. The maximum absolute atomic E-state index is 13.1. The van der Waals surface area contributed by atoms with Gasteiger partial charge in [0.2, 0.25) is 0 Å². The van der Waals surface area contributed by atoms with Crippen molar-refractivity contribution < 1.29 is 4.79 Å². The van der Waals surface area contributed by atoms with E-state index in [1.165, 1.54) is 6.08 Å². The number of H-pyrrole nitrogens is 1. The van der Waals surface area contributed by atoms with Crippen LogP contribution in [-0.2, 0) is 0 Å². The zero-order valence-electron chi connectivity index (χ0n) is 15.8. The molecule has 3 nitrogen and oxygen atoms in total. The lowest BCUT2D eigenvalue weighted by molar-refractivity contribution is 0.104. The summed E-state index contributed by atoms with van der Waals surface area (Å²) in [4.78, 5) is 28.9. The van der Waals surface area contributed by atoms with E-state index in [9.17, 15) is 9.59 Å². The average Bonchev–Trinajstić information content (AvgIpc) is 2.73. The number of benzene rings is 3. The minimum absolute atomic E-state index is 0.123. The highest BCUT2D eigenvalue weighted by atomic mass is 35.5. The first-order valence-corrected chi connectivity index (χ1v) is 9.61. The lowest BCUT2D eigenvalue weighted by Crippen LogP contribution is -2.18. The number of allylic oxidation sites excluding steroid dienone is 1. The summed E-state index contributed by atoms with van der Waals surface area (Å²) in [5.74, 6) is -0.367. The van der Waals surface area contributed by atoms with Gasteiger partial charge in [-0.3, -0.25) is 9.59 Å². The van der Waals surface area contributed by atoms with Crippen molar-refractivity contribution in [3.63, 3.8) is 0 Å². The van der Waals surface area contributed by atoms with Gasteiger partial charge in [-0.1, -0.05) is 71.8 Å². The van der Waals surface area contributed by atoms with Crippen LogP contribution in [0.3, 0.4) is 0 Å². The molecule has 0 bridgehead atoms. The number of halogens is 1. The minimum atomic E-state index is -0.408. The third kappa shape index (κ3) is 3.78. The summed E-state index contributed by atoms with van der Waals surface area (Å²) in [6.45, 7) is 1.98. The van der Waals surface area contributed by atoms with Gasteiger partial charge in [-0.25, -0.2) is 0 Å². The van der Waals surface area contributed by atoms with Gasteiger partial charge >= 0.3 is 0 Å². The van der Waals surface area contributed by atoms with Gasteiger partial charge in [0.05, 0.1) is 5.56 Å². The lowest BCUT2D eigenvalue weighted by Gasteiger charge is -2.12. The maximum atomic E-state index is 13.1. The molecule has 3 aromatic carbocycles. The molecule has 0 unspecified atom stereocenters. The van der Waals surface area contributed by atoms with Crippen molar-refractivity contribution in [1.29, 1.82) is 0 Å². The van der Waals surface area contributed by atoms with Crippen LogP contribution in [0.1, 0.15) is 21.5 Å². The smallest absolute Gasteiger partial charge is 0.260 e. The fraction of sp³-hybridized carbons (Fsp3) is 0.0400. The predicted molar refractivity (Wildman–Crippen MR) is 120 cm³/mol. The number of aromatic amines is 1. The number of aryl methyl sites for hydroxylation is 1. The molecule has 1 N–H and O–H groups in total. The topological polar surface area (TPSA) is 49.9 Å². The van der Waals surface area contributed by atoms with Gasteiger partial charge in [-0.05, 0) is 48.4 Å². The van der Waals surface area contributed by atoms with E-state index in [1.807, 2.05) is 73.7 Å². The highest BCUT2D eigenvalue weighted by Crippen LogP contribution is 2.30. The number of aromatic nitrogens is 1. The average molecular weight is 400 g/mol. The third-order valence-electron chi connectivity index (χ3n) is 4.80. The van der Waals surface area contributed by atoms with Gasteiger partial charge in [-0.15, -0.1) is 0 Å². The highest BCUT2D eigenvalue weighted by molar-refractivity contribution is 6.32. The second-order valence-electron chi connectivity index (χ2n) is 6.84. The maximum Gasteiger partial charge on any atom is 0.260 e. The van der Waals surface area contributed by atoms with Gasteiger partial charge in [0.15, 0.2) is 5.78 Å². The van der Waals surface area contributed by atoms with Gasteiger partial charge in [0.1, 0.15) is 0 Å². The Morgan fingerprint density at radius 1 is 0.966 bits per heavy atom. The summed E-state index contributed by atoms with van der Waals surface area (Å²) < 4.78 is 0. The van der Waals surface area contributed by atoms with Crippen molar-refractivity contribution in [2.75, 3.05) is 0 Å². The number of carbonyl (C=O) groups is 1. The molecule has 0 aliphatic carbocycles. The second-order valence-corrected chi connectivity index (χ2v) is 7.25. The van der Waals surface area contributed by atoms with E-state index in [0.29, 0.717) is 16.1 Å². The van der Waals surface area contributed by atoms with Crippen LogP contribution < -0.4 is 5.56 Å². The van der Waals surface area contributed by atoms with Gasteiger partial charge in [0.25, 0.3) is 5.56 Å². The Morgan fingerprint density at radius 3 is 2.45 bits per heavy atom. The van der Waals surface area contributed by atoms with Crippen LogP contribution in [-0.4, -0.2) is 10.8 Å². The molecule has 4 rings (SSSR count). The molecular formula is C25H18ClNO2. The first-order chi connectivity index (χ1) is 14.0. The number of hydrogen-bond donors (Lipinski definition) is 1. The van der Waals surface area contributed by atoms with Crippen LogP contribution in [0.4, 0.5) is 0 Å². The zero-order valence-corrected chi connectivity index (χ0v) is 16.5. The summed E-state index contributed by atoms with van der Waals surface area (Å²) in [7, 11) is 0. The van der Waals surface area contributed by atoms with E-state index in [4.69, 9.17) is 11.6 Å². The van der Waals surface area contributed by atoms with Gasteiger partial charge < -0.3 is 4.98 Å². The van der Waals surface area contributed by atoms with Crippen LogP contribution in [0.25, 0.3) is 28.1 Å². The summed E-state index contributed by atoms with van der Waals surface area (Å²) in [6, 6.07) is 22.5. The third-order valence-corrected chi connectivity index (χ3v) is 5.14. The summed E-state index contributed by atoms with van der Waals surface area (Å²) >= 11 is 6.18. The molecule has 0 saturated heterocycles. The van der Waals surface area contributed by atoms with E-state index in [0.717, 1.165) is 22.1 Å². The molecule has 0 saturated carbocycles. The van der Waals surface area contributed by atoms with Gasteiger partial charge in [-0.2, -0.15) is 0 Å². The molecule has 0 aliphatic rings.